The van der Waals surface area contributed by atoms with E-state index >= 15 is 0 Å². The Kier molecular flexibility index (Phi) is 5.72. The predicted octanol–water partition coefficient (Wildman–Crippen LogP) is 3.36. The third-order valence-corrected chi connectivity index (χ3v) is 5.88. The molecular formula is C23H27NO6. The van der Waals surface area contributed by atoms with Crippen LogP contribution in [-0.2, 0) is 6.42 Å². The van der Waals surface area contributed by atoms with Gasteiger partial charge in [0.1, 0.15) is 40.4 Å². The molecule has 2 aromatic rings. The molecule has 2 aliphatic heterocycles. The van der Waals surface area contributed by atoms with Gasteiger partial charge < -0.3 is 29.7 Å². The first-order valence-corrected chi connectivity index (χ1v) is 10.2. The number of nitrogens with one attached hydrogen (secondary N) is 1. The summed E-state index contributed by atoms with van der Waals surface area (Å²) < 4.78 is 17.3. The molecule has 1 fully saturated rings. The van der Waals surface area contributed by atoms with Gasteiger partial charge in [-0.15, -0.1) is 0 Å². The lowest BCUT2D eigenvalue weighted by Gasteiger charge is -2.28. The van der Waals surface area contributed by atoms with Crippen LogP contribution in [0.15, 0.2) is 24.3 Å². The first kappa shape index (κ1) is 20.3. The Labute approximate surface area is 175 Å². The number of Topliss-reactive ketones (excluding diaryl/α,β-unsaturated/α-hetero) is 1. The van der Waals surface area contributed by atoms with Crippen molar-refractivity contribution in [1.82, 2.24) is 5.32 Å². The van der Waals surface area contributed by atoms with Crippen LogP contribution in [0.4, 0.5) is 0 Å². The molecule has 30 heavy (non-hydrogen) atoms. The van der Waals surface area contributed by atoms with E-state index in [1.54, 1.807) is 14.2 Å². The zero-order chi connectivity index (χ0) is 21.3. The van der Waals surface area contributed by atoms with E-state index in [1.165, 1.54) is 6.07 Å². The molecule has 7 heteroatoms. The summed E-state index contributed by atoms with van der Waals surface area (Å²) in [5.74, 6) is 1.41. The van der Waals surface area contributed by atoms with Gasteiger partial charge in [-0.1, -0.05) is 0 Å². The van der Waals surface area contributed by atoms with Crippen LogP contribution in [0.5, 0.6) is 28.7 Å². The van der Waals surface area contributed by atoms with Crippen LogP contribution in [-0.4, -0.2) is 43.3 Å². The second-order valence-corrected chi connectivity index (χ2v) is 7.89. The third kappa shape index (κ3) is 3.89. The van der Waals surface area contributed by atoms with E-state index in [0.717, 1.165) is 49.5 Å². The number of benzene rings is 2. The van der Waals surface area contributed by atoms with E-state index in [9.17, 15) is 15.0 Å². The molecule has 7 nitrogen and oxygen atoms in total. The van der Waals surface area contributed by atoms with Gasteiger partial charge in [0.05, 0.1) is 20.6 Å². The second-order valence-electron chi connectivity index (χ2n) is 7.89. The highest BCUT2D eigenvalue weighted by molar-refractivity contribution is 6.02. The summed E-state index contributed by atoms with van der Waals surface area (Å²) in [7, 11) is 3.25. The fourth-order valence-electron chi connectivity index (χ4n) is 4.39. The van der Waals surface area contributed by atoms with Crippen LogP contribution >= 0.6 is 0 Å². The van der Waals surface area contributed by atoms with Crippen LogP contribution in [0.2, 0.25) is 0 Å². The molecule has 0 amide bonds. The first-order chi connectivity index (χ1) is 14.5. The molecule has 0 radical (unpaired) electrons. The Bertz CT molecular complexity index is 926. The van der Waals surface area contributed by atoms with Gasteiger partial charge in [-0.3, -0.25) is 4.79 Å². The Morgan fingerprint density at radius 2 is 1.87 bits per heavy atom. The number of carbonyl (C=O) groups excluding carboxylic acids is 1. The third-order valence-electron chi connectivity index (χ3n) is 5.88. The molecule has 3 N–H and O–H groups in total. The lowest BCUT2D eigenvalue weighted by Crippen LogP contribution is -2.31. The van der Waals surface area contributed by atoms with Crippen molar-refractivity contribution in [2.45, 2.75) is 31.8 Å². The number of aromatic hydroxyl groups is 2. The van der Waals surface area contributed by atoms with Crippen LogP contribution < -0.4 is 19.5 Å². The average Bonchev–Trinajstić information content (AvgIpc) is 2.73. The topological polar surface area (TPSA) is 97.3 Å². The average molecular weight is 413 g/mol. The summed E-state index contributed by atoms with van der Waals surface area (Å²) in [5, 5.41) is 23.2. The number of rotatable bonds is 5. The van der Waals surface area contributed by atoms with Gasteiger partial charge in [-0.25, -0.2) is 0 Å². The molecule has 0 aliphatic carbocycles. The van der Waals surface area contributed by atoms with Crippen molar-refractivity contribution in [3.63, 3.8) is 0 Å². The van der Waals surface area contributed by atoms with Crippen LogP contribution in [0.25, 0.3) is 0 Å². The number of fused-ring (bicyclic) bond motifs is 1. The minimum absolute atomic E-state index is 0.0730. The zero-order valence-corrected chi connectivity index (χ0v) is 17.2. The standard InChI is InChI=1S/C23H27NO6/c1-28-20-7-14(8-21(29-2)16(20)6-13-4-3-5-24-12-13)19-11-18(27)23-17(26)9-15(25)10-22(23)30-19/h7-10,13,19,24-26H,3-6,11-12H2,1-2H3. The van der Waals surface area contributed by atoms with Gasteiger partial charge in [0.2, 0.25) is 0 Å². The maximum absolute atomic E-state index is 12.6. The normalized spacial score (nSPS) is 20.9. The van der Waals surface area contributed by atoms with Crippen molar-refractivity contribution in [3.05, 3.63) is 41.0 Å². The monoisotopic (exact) mass is 413 g/mol. The summed E-state index contributed by atoms with van der Waals surface area (Å²) in [5.41, 5.74) is 1.86. The maximum atomic E-state index is 12.6. The lowest BCUT2D eigenvalue weighted by molar-refractivity contribution is 0.0844. The van der Waals surface area contributed by atoms with Crippen LogP contribution in [0.3, 0.4) is 0 Å². The van der Waals surface area contributed by atoms with E-state index in [1.807, 2.05) is 12.1 Å². The predicted molar refractivity (Wildman–Crippen MR) is 111 cm³/mol. The molecule has 2 atom stereocenters. The number of ketones is 1. The fraction of sp³-hybridized carbons (Fsp3) is 0.435. The van der Waals surface area contributed by atoms with Crippen LogP contribution in [0.1, 0.15) is 46.9 Å². The number of hydrogen-bond donors (Lipinski definition) is 3. The number of methoxy groups -OCH3 is 2. The van der Waals surface area contributed by atoms with Crippen molar-refractivity contribution in [2.24, 2.45) is 5.92 Å². The molecule has 160 valence electrons. The summed E-state index contributed by atoms with van der Waals surface area (Å²) in [6.45, 7) is 2.03. The van der Waals surface area contributed by atoms with Crippen molar-refractivity contribution >= 4 is 5.78 Å². The minimum atomic E-state index is -0.570. The maximum Gasteiger partial charge on any atom is 0.174 e. The molecule has 0 saturated carbocycles. The van der Waals surface area contributed by atoms with Crippen molar-refractivity contribution in [3.8, 4) is 28.7 Å². The molecule has 1 saturated heterocycles. The largest absolute Gasteiger partial charge is 0.508 e. The van der Waals surface area contributed by atoms with Gasteiger partial charge in [-0.05, 0) is 50.4 Å². The summed E-state index contributed by atoms with van der Waals surface area (Å²) >= 11 is 0. The highest BCUT2D eigenvalue weighted by Gasteiger charge is 2.32. The van der Waals surface area contributed by atoms with Crippen molar-refractivity contribution < 1.29 is 29.2 Å². The number of hydrogen-bond acceptors (Lipinski definition) is 7. The second kappa shape index (κ2) is 8.44. The van der Waals surface area contributed by atoms with E-state index in [2.05, 4.69) is 5.32 Å². The van der Waals surface area contributed by atoms with Gasteiger partial charge >= 0.3 is 0 Å². The van der Waals surface area contributed by atoms with E-state index in [-0.39, 0.29) is 35.0 Å². The highest BCUT2D eigenvalue weighted by Crippen LogP contribution is 2.44. The smallest absolute Gasteiger partial charge is 0.174 e. The number of carbonyl (C=O) groups is 1. The molecule has 2 aliphatic rings. The fourth-order valence-corrected chi connectivity index (χ4v) is 4.39. The number of phenols is 2. The summed E-state index contributed by atoms with van der Waals surface area (Å²) in [6.07, 6.45) is 2.66. The Morgan fingerprint density at radius 3 is 2.50 bits per heavy atom. The molecule has 2 unspecified atom stereocenters. The quantitative estimate of drug-likeness (QED) is 0.691. The minimum Gasteiger partial charge on any atom is -0.508 e. The van der Waals surface area contributed by atoms with E-state index in [4.69, 9.17) is 14.2 Å². The van der Waals surface area contributed by atoms with Gasteiger partial charge in [0, 0.05) is 23.3 Å². The van der Waals surface area contributed by atoms with Gasteiger partial charge in [0.25, 0.3) is 0 Å². The summed E-state index contributed by atoms with van der Waals surface area (Å²) in [4.78, 5) is 12.6. The molecule has 2 heterocycles. The summed E-state index contributed by atoms with van der Waals surface area (Å²) in [6, 6.07) is 6.26. The highest BCUT2D eigenvalue weighted by atomic mass is 16.5. The molecule has 2 aromatic carbocycles. The Balaban J connectivity index is 1.66. The molecule has 0 bridgehead atoms. The first-order valence-electron chi connectivity index (χ1n) is 10.2. The van der Waals surface area contributed by atoms with E-state index in [0.29, 0.717) is 17.4 Å². The van der Waals surface area contributed by atoms with Gasteiger partial charge in [-0.2, -0.15) is 0 Å². The lowest BCUT2D eigenvalue weighted by atomic mass is 9.89. The van der Waals surface area contributed by atoms with Gasteiger partial charge in [0.15, 0.2) is 5.78 Å². The Hall–Kier alpha value is -2.93. The molecule has 4 rings (SSSR count). The molecule has 0 aromatic heterocycles. The number of phenolic OH excluding ortho intramolecular Hbond substituents is 2. The molecular weight excluding hydrogens is 386 g/mol. The number of piperidine rings is 1. The zero-order valence-electron chi connectivity index (χ0n) is 17.2. The van der Waals surface area contributed by atoms with Crippen molar-refractivity contribution in [2.75, 3.05) is 27.3 Å². The van der Waals surface area contributed by atoms with Crippen LogP contribution in [0, 0.1) is 5.92 Å². The SMILES string of the molecule is COc1cc(C2CC(=O)c3c(O)cc(O)cc3O2)cc(OC)c1CC1CCCNC1. The Morgan fingerprint density at radius 1 is 1.13 bits per heavy atom. The molecule has 0 spiro atoms. The number of ether oxygens (including phenoxy) is 3. The van der Waals surface area contributed by atoms with E-state index < -0.39 is 6.10 Å². The van der Waals surface area contributed by atoms with Crippen molar-refractivity contribution in [1.29, 1.82) is 0 Å².